The molecule has 3 heteroatoms. The molecule has 0 amide bonds. The SMILES string of the molecule is CC1=C(C)C(C)[C]([Hf]([NH]C2CCCCCC2)[SiH](c2ccccc2)c2ccccc2)=C1C.c1ccc(-c2ccccc2)cc1. The van der Waals surface area contributed by atoms with Crippen molar-refractivity contribution < 1.29 is 20.9 Å². The fraction of sp³-hybridized carbons (Fsp3) is 0.300. The largest absolute Gasteiger partial charge is 0.0622 e. The Morgan fingerprint density at radius 1 is 0.558 bits per heavy atom. The predicted molar refractivity (Wildman–Crippen MR) is 186 cm³/mol. The number of allylic oxidation sites excluding steroid dienone is 4. The molecule has 1 fully saturated rings. The van der Waals surface area contributed by atoms with Crippen LogP contribution < -0.4 is 13.7 Å². The second-order valence-electron chi connectivity index (χ2n) is 12.3. The van der Waals surface area contributed by atoms with Crippen molar-refractivity contribution in [3.8, 4) is 11.1 Å². The molecule has 4 aromatic carbocycles. The van der Waals surface area contributed by atoms with Gasteiger partial charge in [-0.25, -0.2) is 0 Å². The molecule has 4 aromatic rings. The molecule has 2 aliphatic carbocycles. The molecule has 43 heavy (non-hydrogen) atoms. The van der Waals surface area contributed by atoms with Crippen LogP contribution >= 0.6 is 0 Å². The molecule has 1 atom stereocenters. The maximum absolute atomic E-state index is 4.53. The molecule has 0 radical (unpaired) electrons. The van der Waals surface area contributed by atoms with E-state index in [0.29, 0.717) is 5.92 Å². The smallest absolute Gasteiger partial charge is 0.0184 e. The Labute approximate surface area is 269 Å². The summed E-state index contributed by atoms with van der Waals surface area (Å²) >= 11 is -2.41. The van der Waals surface area contributed by atoms with Gasteiger partial charge in [-0.1, -0.05) is 60.7 Å². The van der Waals surface area contributed by atoms with E-state index >= 15 is 0 Å². The topological polar surface area (TPSA) is 12.0 Å². The van der Waals surface area contributed by atoms with E-state index in [0.717, 1.165) is 6.04 Å². The zero-order valence-corrected chi connectivity index (χ0v) is 31.3. The first-order valence-electron chi connectivity index (χ1n) is 16.3. The molecule has 0 aromatic heterocycles. The summed E-state index contributed by atoms with van der Waals surface area (Å²) in [5.41, 5.74) is 7.38. The van der Waals surface area contributed by atoms with E-state index in [1.807, 2.05) is 15.5 Å². The Morgan fingerprint density at radius 2 is 0.977 bits per heavy atom. The van der Waals surface area contributed by atoms with Crippen LogP contribution in [0.4, 0.5) is 0 Å². The molecule has 0 saturated heterocycles. The van der Waals surface area contributed by atoms with Gasteiger partial charge in [-0.05, 0) is 11.1 Å². The molecule has 0 spiro atoms. The zero-order chi connectivity index (χ0) is 30.0. The van der Waals surface area contributed by atoms with Crippen molar-refractivity contribution >= 4 is 16.4 Å². The van der Waals surface area contributed by atoms with Crippen molar-refractivity contribution in [1.29, 1.82) is 0 Å². The fourth-order valence-electron chi connectivity index (χ4n) is 6.84. The molecular weight excluding hydrogens is 701 g/mol. The minimum Gasteiger partial charge on any atom is -0.0622 e. The number of hydrogen-bond acceptors (Lipinski definition) is 1. The standard InChI is InChI=1S/C12H11Si.C12H10.C9H13.C7H14N.Hf/c1-3-7-11(8-4-1)13-12-9-5-2-6-10-12;1-3-7-11(8-4-1)12-9-5-2-6-10-12;1-6-5-7(2)9(4)8(6)3;8-7-5-3-1-2-4-6-7;/h1-10,13H;1-10H;6H,1-4H3;7-8H,1-6H2;/q;;;-1;+1. The molecule has 221 valence electrons. The maximum atomic E-state index is 4.53. The summed E-state index contributed by atoms with van der Waals surface area (Å²) < 4.78 is 6.41. The van der Waals surface area contributed by atoms with Crippen LogP contribution in [0, 0.1) is 5.92 Å². The Balaban J connectivity index is 0.000000255. The van der Waals surface area contributed by atoms with E-state index in [2.05, 4.69) is 140 Å². The number of hydrogen-bond donors (Lipinski definition) is 1. The van der Waals surface area contributed by atoms with Crippen LogP contribution in [-0.2, 0) is 20.9 Å². The summed E-state index contributed by atoms with van der Waals surface area (Å²) in [5, 5.41) is 3.29. The van der Waals surface area contributed by atoms with Crippen molar-refractivity contribution in [1.82, 2.24) is 3.30 Å². The molecule has 0 bridgehead atoms. The summed E-state index contributed by atoms with van der Waals surface area (Å²) in [6.07, 6.45) is 8.42. The number of nitrogens with one attached hydrogen (secondary N) is 1. The average Bonchev–Trinajstić information content (AvgIpc) is 3.24. The Bertz CT molecular complexity index is 1400. The molecule has 0 aliphatic heterocycles. The maximum Gasteiger partial charge on any atom is -0.0184 e. The minimum atomic E-state index is -2.41. The van der Waals surface area contributed by atoms with E-state index in [4.69, 9.17) is 0 Å². The second-order valence-corrected chi connectivity index (χ2v) is 31.4. The summed E-state index contributed by atoms with van der Waals surface area (Å²) in [6, 6.07) is 44.7. The van der Waals surface area contributed by atoms with Gasteiger partial charge in [-0.2, -0.15) is 0 Å². The summed E-state index contributed by atoms with van der Waals surface area (Å²) in [5.74, 6) is -0.691. The molecule has 0 heterocycles. The van der Waals surface area contributed by atoms with E-state index in [1.165, 1.54) is 49.7 Å². The van der Waals surface area contributed by atoms with Crippen LogP contribution in [0.2, 0.25) is 0 Å². The van der Waals surface area contributed by atoms with E-state index in [1.54, 1.807) is 27.1 Å². The van der Waals surface area contributed by atoms with Crippen LogP contribution in [0.1, 0.15) is 66.2 Å². The quantitative estimate of drug-likeness (QED) is 0.147. The number of rotatable bonds is 7. The van der Waals surface area contributed by atoms with E-state index < -0.39 is 26.9 Å². The van der Waals surface area contributed by atoms with Gasteiger partial charge in [0.2, 0.25) is 0 Å². The van der Waals surface area contributed by atoms with E-state index in [9.17, 15) is 0 Å². The van der Waals surface area contributed by atoms with Gasteiger partial charge in [-0.3, -0.25) is 0 Å². The molecule has 1 nitrogen and oxygen atoms in total. The third-order valence-corrected chi connectivity index (χ3v) is 37.2. The molecule has 1 unspecified atom stereocenters. The van der Waals surface area contributed by atoms with Crippen LogP contribution in [0.5, 0.6) is 0 Å². The third-order valence-electron chi connectivity index (χ3n) is 9.58. The normalized spacial score (nSPS) is 17.5. The van der Waals surface area contributed by atoms with Gasteiger partial charge in [0.15, 0.2) is 0 Å². The van der Waals surface area contributed by atoms with Gasteiger partial charge in [0.1, 0.15) is 0 Å². The summed E-state index contributed by atoms with van der Waals surface area (Å²) in [7, 11) is 0. The minimum absolute atomic E-state index is 0.628. The fourth-order valence-corrected chi connectivity index (χ4v) is 39.6. The van der Waals surface area contributed by atoms with Crippen molar-refractivity contribution in [3.63, 3.8) is 0 Å². The van der Waals surface area contributed by atoms with Crippen molar-refractivity contribution in [3.05, 3.63) is 141 Å². The molecule has 6 rings (SSSR count). The van der Waals surface area contributed by atoms with Crippen molar-refractivity contribution in [2.45, 2.75) is 72.3 Å². The number of benzene rings is 4. The first-order valence-corrected chi connectivity index (χ1v) is 27.8. The molecule has 1 N–H and O–H groups in total. The monoisotopic (exact) mass is 750 g/mol. The molecular formula is C40H48HfNSi. The Hall–Kier alpha value is -2.59. The first-order chi connectivity index (χ1) is 21.0. The summed E-state index contributed by atoms with van der Waals surface area (Å²) in [6.45, 7) is 9.67. The van der Waals surface area contributed by atoms with Gasteiger partial charge >= 0.3 is 199 Å². The Morgan fingerprint density at radius 3 is 1.37 bits per heavy atom. The molecule has 1 saturated carbocycles. The first kappa shape index (κ1) is 31.8. The van der Waals surface area contributed by atoms with Crippen LogP contribution in [-0.4, -0.2) is 12.0 Å². The van der Waals surface area contributed by atoms with Crippen LogP contribution in [0.3, 0.4) is 0 Å². The van der Waals surface area contributed by atoms with Crippen LogP contribution in [0.25, 0.3) is 11.1 Å². The van der Waals surface area contributed by atoms with Crippen molar-refractivity contribution in [2.24, 2.45) is 5.92 Å². The second kappa shape index (κ2) is 15.9. The van der Waals surface area contributed by atoms with Gasteiger partial charge in [0, 0.05) is 0 Å². The van der Waals surface area contributed by atoms with Crippen molar-refractivity contribution in [2.75, 3.05) is 0 Å². The average molecular weight is 749 g/mol. The third kappa shape index (κ3) is 8.12. The van der Waals surface area contributed by atoms with Crippen LogP contribution in [0.15, 0.2) is 141 Å². The Kier molecular flexibility index (Phi) is 11.8. The van der Waals surface area contributed by atoms with Gasteiger partial charge in [-0.15, -0.1) is 0 Å². The van der Waals surface area contributed by atoms with Gasteiger partial charge in [0.05, 0.1) is 0 Å². The van der Waals surface area contributed by atoms with Gasteiger partial charge in [0.25, 0.3) is 0 Å². The zero-order valence-electron chi connectivity index (χ0n) is 26.5. The van der Waals surface area contributed by atoms with E-state index in [-0.39, 0.29) is 0 Å². The predicted octanol–water partition coefficient (Wildman–Crippen LogP) is 8.98. The molecule has 2 aliphatic rings. The van der Waals surface area contributed by atoms with Gasteiger partial charge < -0.3 is 0 Å². The summed E-state index contributed by atoms with van der Waals surface area (Å²) in [4.78, 5) is 0.